The predicted molar refractivity (Wildman–Crippen MR) is 93.3 cm³/mol. The lowest BCUT2D eigenvalue weighted by Gasteiger charge is -2.28. The molecule has 0 radical (unpaired) electrons. The molecule has 0 fully saturated rings. The molecule has 3 heterocycles. The van der Waals surface area contributed by atoms with Crippen molar-refractivity contribution in [1.82, 2.24) is 25.1 Å². The van der Waals surface area contributed by atoms with Crippen molar-refractivity contribution in [3.63, 3.8) is 0 Å². The molecule has 1 atom stereocenters. The third kappa shape index (κ3) is 2.85. The molecule has 130 valence electrons. The predicted octanol–water partition coefficient (Wildman–Crippen LogP) is 3.75. The lowest BCUT2D eigenvalue weighted by atomic mass is 10.2. The Balaban J connectivity index is 1.91. The van der Waals surface area contributed by atoms with Gasteiger partial charge < -0.3 is 9.42 Å². The van der Waals surface area contributed by atoms with Gasteiger partial charge in [-0.15, -0.1) is 0 Å². The molecule has 4 aromatic rings. The molecule has 0 N–H and O–H groups in total. The monoisotopic (exact) mass is 350 g/mol. The van der Waals surface area contributed by atoms with Gasteiger partial charge in [-0.1, -0.05) is 5.16 Å². The zero-order chi connectivity index (χ0) is 18.1. The first-order chi connectivity index (χ1) is 12.6. The second kappa shape index (κ2) is 6.47. The minimum Gasteiger partial charge on any atom is -0.337 e. The standard InChI is InChI=1S/C18H15FN6O/c1-11(18-23-12(2)24-26-18)25(14-7-5-13(19)6-8-14)17-15-4-3-9-20-16(15)21-10-22-17/h3-11H,1-2H3. The normalized spacial score (nSPS) is 12.3. The van der Waals surface area contributed by atoms with Gasteiger partial charge in [0.1, 0.15) is 24.0 Å². The van der Waals surface area contributed by atoms with E-state index < -0.39 is 0 Å². The van der Waals surface area contributed by atoms with Crippen molar-refractivity contribution in [2.24, 2.45) is 0 Å². The van der Waals surface area contributed by atoms with E-state index in [1.54, 1.807) is 25.3 Å². The number of fused-ring (bicyclic) bond motifs is 1. The Kier molecular flexibility index (Phi) is 4.00. The summed E-state index contributed by atoms with van der Waals surface area (Å²) in [7, 11) is 0. The number of hydrogen-bond donors (Lipinski definition) is 0. The molecule has 0 bridgehead atoms. The van der Waals surface area contributed by atoms with Crippen LogP contribution in [-0.2, 0) is 0 Å². The van der Waals surface area contributed by atoms with Crippen molar-refractivity contribution in [3.05, 3.63) is 66.5 Å². The summed E-state index contributed by atoms with van der Waals surface area (Å²) in [4.78, 5) is 19.2. The van der Waals surface area contributed by atoms with Gasteiger partial charge >= 0.3 is 0 Å². The summed E-state index contributed by atoms with van der Waals surface area (Å²) in [5.74, 6) is 1.28. The number of benzene rings is 1. The molecule has 26 heavy (non-hydrogen) atoms. The SMILES string of the molecule is Cc1noc(C(C)N(c2ccc(F)cc2)c2ncnc3ncccc23)n1. The molecule has 8 heteroatoms. The maximum Gasteiger partial charge on any atom is 0.249 e. The van der Waals surface area contributed by atoms with E-state index in [0.717, 1.165) is 11.1 Å². The highest BCUT2D eigenvalue weighted by Crippen LogP contribution is 2.36. The molecule has 1 aromatic carbocycles. The molecule has 0 spiro atoms. The summed E-state index contributed by atoms with van der Waals surface area (Å²) in [6.45, 7) is 3.67. The number of rotatable bonds is 4. The van der Waals surface area contributed by atoms with Crippen LogP contribution in [-0.4, -0.2) is 25.1 Å². The van der Waals surface area contributed by atoms with Gasteiger partial charge in [-0.2, -0.15) is 4.98 Å². The summed E-state index contributed by atoms with van der Waals surface area (Å²) in [6.07, 6.45) is 3.12. The third-order valence-corrected chi connectivity index (χ3v) is 4.01. The zero-order valence-corrected chi connectivity index (χ0v) is 14.2. The zero-order valence-electron chi connectivity index (χ0n) is 14.2. The largest absolute Gasteiger partial charge is 0.337 e. The van der Waals surface area contributed by atoms with Crippen LogP contribution >= 0.6 is 0 Å². The Labute approximate surface area is 148 Å². The van der Waals surface area contributed by atoms with E-state index in [-0.39, 0.29) is 11.9 Å². The van der Waals surface area contributed by atoms with Crippen LogP contribution in [0.1, 0.15) is 24.7 Å². The van der Waals surface area contributed by atoms with Gasteiger partial charge in [0.05, 0.1) is 5.39 Å². The van der Waals surface area contributed by atoms with Gasteiger partial charge in [0, 0.05) is 11.9 Å². The van der Waals surface area contributed by atoms with Crippen LogP contribution in [0.4, 0.5) is 15.9 Å². The first-order valence-corrected chi connectivity index (χ1v) is 8.04. The number of halogens is 1. The average molecular weight is 350 g/mol. The highest BCUT2D eigenvalue weighted by molar-refractivity contribution is 5.89. The molecule has 7 nitrogen and oxygen atoms in total. The highest BCUT2D eigenvalue weighted by atomic mass is 19.1. The number of aryl methyl sites for hydroxylation is 1. The minimum atomic E-state index is -0.333. The first kappa shape index (κ1) is 16.1. The molecule has 0 aliphatic rings. The Morgan fingerprint density at radius 3 is 2.62 bits per heavy atom. The average Bonchev–Trinajstić information content (AvgIpc) is 3.10. The van der Waals surface area contributed by atoms with Crippen molar-refractivity contribution in [2.75, 3.05) is 4.90 Å². The fourth-order valence-electron chi connectivity index (χ4n) is 2.80. The van der Waals surface area contributed by atoms with Crippen LogP contribution in [0.5, 0.6) is 0 Å². The van der Waals surface area contributed by atoms with Crippen LogP contribution in [0.15, 0.2) is 53.4 Å². The Bertz CT molecular complexity index is 1040. The summed E-state index contributed by atoms with van der Waals surface area (Å²) in [5.41, 5.74) is 1.30. The van der Waals surface area contributed by atoms with Crippen molar-refractivity contribution < 1.29 is 8.91 Å². The van der Waals surface area contributed by atoms with Crippen LogP contribution in [0, 0.1) is 12.7 Å². The van der Waals surface area contributed by atoms with Gasteiger partial charge in [-0.3, -0.25) is 0 Å². The van der Waals surface area contributed by atoms with Gasteiger partial charge in [-0.05, 0) is 50.2 Å². The van der Waals surface area contributed by atoms with E-state index in [2.05, 4.69) is 25.1 Å². The van der Waals surface area contributed by atoms with E-state index in [1.807, 2.05) is 24.0 Å². The second-order valence-electron chi connectivity index (χ2n) is 5.77. The minimum absolute atomic E-state index is 0.316. The summed E-state index contributed by atoms with van der Waals surface area (Å²) >= 11 is 0. The molecule has 0 saturated carbocycles. The van der Waals surface area contributed by atoms with Crippen molar-refractivity contribution in [3.8, 4) is 0 Å². The van der Waals surface area contributed by atoms with Crippen molar-refractivity contribution in [2.45, 2.75) is 19.9 Å². The fourth-order valence-corrected chi connectivity index (χ4v) is 2.80. The quantitative estimate of drug-likeness (QED) is 0.554. The summed E-state index contributed by atoms with van der Waals surface area (Å²) in [5, 5.41) is 4.63. The molecule has 1 unspecified atom stereocenters. The van der Waals surface area contributed by atoms with E-state index in [9.17, 15) is 4.39 Å². The smallest absolute Gasteiger partial charge is 0.249 e. The number of hydrogen-bond acceptors (Lipinski definition) is 7. The van der Waals surface area contributed by atoms with Gasteiger partial charge in [0.25, 0.3) is 0 Å². The molecule has 0 aliphatic heterocycles. The second-order valence-corrected chi connectivity index (χ2v) is 5.77. The third-order valence-electron chi connectivity index (χ3n) is 4.01. The molecular formula is C18H15FN6O. The van der Waals surface area contributed by atoms with E-state index in [0.29, 0.717) is 23.2 Å². The number of pyridine rings is 1. The van der Waals surface area contributed by atoms with E-state index in [1.165, 1.54) is 18.5 Å². The van der Waals surface area contributed by atoms with E-state index in [4.69, 9.17) is 4.52 Å². The van der Waals surface area contributed by atoms with Crippen LogP contribution in [0.25, 0.3) is 11.0 Å². The topological polar surface area (TPSA) is 80.8 Å². The number of aromatic nitrogens is 5. The van der Waals surface area contributed by atoms with E-state index >= 15 is 0 Å². The van der Waals surface area contributed by atoms with Gasteiger partial charge in [-0.25, -0.2) is 19.3 Å². The lowest BCUT2D eigenvalue weighted by molar-refractivity contribution is 0.357. The molecule has 3 aromatic heterocycles. The molecule has 0 aliphatic carbocycles. The highest BCUT2D eigenvalue weighted by Gasteiger charge is 2.26. The fraction of sp³-hybridized carbons (Fsp3) is 0.167. The molecule has 0 amide bonds. The van der Waals surface area contributed by atoms with Crippen LogP contribution < -0.4 is 4.90 Å². The Morgan fingerprint density at radius 1 is 1.08 bits per heavy atom. The Hall–Kier alpha value is -3.42. The lowest BCUT2D eigenvalue weighted by Crippen LogP contribution is -2.23. The van der Waals surface area contributed by atoms with Crippen molar-refractivity contribution >= 4 is 22.5 Å². The van der Waals surface area contributed by atoms with Crippen LogP contribution in [0.3, 0.4) is 0 Å². The van der Waals surface area contributed by atoms with Crippen molar-refractivity contribution in [1.29, 1.82) is 0 Å². The molecule has 4 rings (SSSR count). The van der Waals surface area contributed by atoms with Crippen LogP contribution in [0.2, 0.25) is 0 Å². The number of anilines is 2. The summed E-state index contributed by atoms with van der Waals surface area (Å²) in [6, 6.07) is 9.53. The van der Waals surface area contributed by atoms with Gasteiger partial charge in [0.2, 0.25) is 5.89 Å². The summed E-state index contributed by atoms with van der Waals surface area (Å²) < 4.78 is 18.8. The number of nitrogens with zero attached hydrogens (tertiary/aromatic N) is 6. The Morgan fingerprint density at radius 2 is 1.88 bits per heavy atom. The maximum absolute atomic E-state index is 13.4. The molecule has 0 saturated heterocycles. The molecular weight excluding hydrogens is 335 g/mol. The first-order valence-electron chi connectivity index (χ1n) is 8.04. The van der Waals surface area contributed by atoms with Gasteiger partial charge in [0.15, 0.2) is 11.5 Å². The maximum atomic E-state index is 13.4.